The molecule has 6 rings (SSSR count). The average Bonchev–Trinajstić information content (AvgIpc) is 3.54. The molecule has 0 unspecified atom stereocenters. The number of anilines is 2. The fourth-order valence-corrected chi connectivity index (χ4v) is 5.50. The van der Waals surface area contributed by atoms with Crippen LogP contribution in [0.3, 0.4) is 0 Å². The van der Waals surface area contributed by atoms with Crippen molar-refractivity contribution < 1.29 is 4.74 Å². The zero-order chi connectivity index (χ0) is 24.5. The van der Waals surface area contributed by atoms with E-state index in [1.54, 1.807) is 0 Å². The third kappa shape index (κ3) is 4.25. The summed E-state index contributed by atoms with van der Waals surface area (Å²) >= 11 is 5.94. The Morgan fingerprint density at radius 2 is 1.58 bits per heavy atom. The summed E-state index contributed by atoms with van der Waals surface area (Å²) in [4.78, 5) is 9.30. The van der Waals surface area contributed by atoms with E-state index in [0.29, 0.717) is 5.11 Å². The van der Waals surface area contributed by atoms with E-state index in [1.807, 2.05) is 18.3 Å². The molecule has 2 aliphatic rings. The molecule has 0 amide bonds. The maximum Gasteiger partial charge on any atom is 0.174 e. The lowest BCUT2D eigenvalue weighted by atomic mass is 10.0. The minimum atomic E-state index is -0.0864. The zero-order valence-electron chi connectivity index (χ0n) is 20.2. The van der Waals surface area contributed by atoms with Crippen LogP contribution in [-0.2, 0) is 4.74 Å². The van der Waals surface area contributed by atoms with Crippen LogP contribution in [0.2, 0.25) is 0 Å². The van der Waals surface area contributed by atoms with Crippen LogP contribution in [0.1, 0.15) is 29.0 Å². The van der Waals surface area contributed by atoms with Gasteiger partial charge in [-0.05, 0) is 79.8 Å². The first-order valence-corrected chi connectivity index (χ1v) is 12.8. The fourth-order valence-electron chi connectivity index (χ4n) is 5.15. The van der Waals surface area contributed by atoms with Crippen molar-refractivity contribution in [1.29, 1.82) is 0 Å². The second-order valence-electron chi connectivity index (χ2n) is 9.25. The minimum Gasteiger partial charge on any atom is -0.378 e. The topological polar surface area (TPSA) is 45.6 Å². The van der Waals surface area contributed by atoms with Gasteiger partial charge in [0.25, 0.3) is 0 Å². The maximum absolute atomic E-state index is 5.94. The highest BCUT2D eigenvalue weighted by Gasteiger charge is 2.42. The highest BCUT2D eigenvalue weighted by atomic mass is 32.1. The largest absolute Gasteiger partial charge is 0.378 e. The average molecular weight is 496 g/mol. The van der Waals surface area contributed by atoms with Gasteiger partial charge in [-0.2, -0.15) is 0 Å². The van der Waals surface area contributed by atoms with Crippen LogP contribution < -0.4 is 15.1 Å². The fraction of sp³-hybridized carbons (Fsp3) is 0.241. The van der Waals surface area contributed by atoms with Crippen molar-refractivity contribution in [1.82, 2.24) is 14.9 Å². The van der Waals surface area contributed by atoms with E-state index in [4.69, 9.17) is 21.9 Å². The molecule has 2 fully saturated rings. The summed E-state index contributed by atoms with van der Waals surface area (Å²) < 4.78 is 7.77. The van der Waals surface area contributed by atoms with E-state index in [1.165, 1.54) is 11.3 Å². The van der Waals surface area contributed by atoms with Gasteiger partial charge in [-0.25, -0.2) is 0 Å². The number of thiocarbonyl (C=S) groups is 1. The van der Waals surface area contributed by atoms with E-state index in [-0.39, 0.29) is 12.1 Å². The smallest absolute Gasteiger partial charge is 0.174 e. The van der Waals surface area contributed by atoms with Gasteiger partial charge in [0.2, 0.25) is 0 Å². The number of morpholine rings is 1. The zero-order valence-corrected chi connectivity index (χ0v) is 21.1. The molecule has 0 spiro atoms. The van der Waals surface area contributed by atoms with Crippen molar-refractivity contribution in [2.24, 2.45) is 0 Å². The first-order valence-electron chi connectivity index (χ1n) is 12.4. The number of benzene rings is 2. The molecule has 0 bridgehead atoms. The minimum absolute atomic E-state index is 0.0714. The van der Waals surface area contributed by atoms with Gasteiger partial charge in [-0.3, -0.25) is 4.98 Å². The second kappa shape index (κ2) is 9.76. The Kier molecular flexibility index (Phi) is 6.17. The summed E-state index contributed by atoms with van der Waals surface area (Å²) in [6, 6.07) is 27.5. The molecule has 2 aromatic heterocycles. The van der Waals surface area contributed by atoms with E-state index < -0.39 is 0 Å². The molecule has 7 heteroatoms. The summed E-state index contributed by atoms with van der Waals surface area (Å²) in [7, 11) is 0. The SMILES string of the molecule is Cc1ccc(-n2cccc2[C@H]2[C@@H](c3ccccn3)NC(=S)N2c2ccc(N3CCOCC3)cc2)cc1. The molecule has 4 heterocycles. The van der Waals surface area contributed by atoms with Crippen LogP contribution in [0.4, 0.5) is 11.4 Å². The monoisotopic (exact) mass is 495 g/mol. The second-order valence-corrected chi connectivity index (χ2v) is 9.64. The number of nitrogens with zero attached hydrogens (tertiary/aromatic N) is 4. The van der Waals surface area contributed by atoms with Gasteiger partial charge >= 0.3 is 0 Å². The molecular weight excluding hydrogens is 466 g/mol. The molecule has 2 aliphatic heterocycles. The molecule has 182 valence electrons. The Hall–Kier alpha value is -3.68. The molecule has 2 saturated heterocycles. The molecule has 4 aromatic rings. The van der Waals surface area contributed by atoms with Gasteiger partial charge in [-0.15, -0.1) is 0 Å². The van der Waals surface area contributed by atoms with Crippen molar-refractivity contribution in [3.63, 3.8) is 0 Å². The van der Waals surface area contributed by atoms with E-state index in [2.05, 4.69) is 99.5 Å². The van der Waals surface area contributed by atoms with Crippen LogP contribution in [0.15, 0.2) is 91.3 Å². The van der Waals surface area contributed by atoms with Crippen molar-refractivity contribution >= 4 is 28.7 Å². The molecule has 0 saturated carbocycles. The number of pyridine rings is 1. The van der Waals surface area contributed by atoms with Crippen LogP contribution in [-0.4, -0.2) is 41.0 Å². The summed E-state index contributed by atoms with van der Waals surface area (Å²) in [5.74, 6) is 0. The highest BCUT2D eigenvalue weighted by molar-refractivity contribution is 7.80. The first-order chi connectivity index (χ1) is 17.7. The van der Waals surface area contributed by atoms with Crippen molar-refractivity contribution in [2.75, 3.05) is 36.1 Å². The molecule has 2 atom stereocenters. The number of aromatic nitrogens is 2. The van der Waals surface area contributed by atoms with Gasteiger partial charge in [-0.1, -0.05) is 23.8 Å². The Labute approximate surface area is 217 Å². The van der Waals surface area contributed by atoms with Crippen LogP contribution in [0, 0.1) is 6.92 Å². The third-order valence-corrected chi connectivity index (χ3v) is 7.31. The highest BCUT2D eigenvalue weighted by Crippen LogP contribution is 2.42. The number of nitrogens with one attached hydrogen (secondary N) is 1. The van der Waals surface area contributed by atoms with Crippen molar-refractivity contribution in [3.05, 3.63) is 108 Å². The summed E-state index contributed by atoms with van der Waals surface area (Å²) in [5, 5.41) is 4.28. The molecule has 36 heavy (non-hydrogen) atoms. The molecular formula is C29H29N5OS. The normalized spacial score (nSPS) is 20.0. The molecule has 0 aliphatic carbocycles. The Balaban J connectivity index is 1.41. The van der Waals surface area contributed by atoms with Crippen molar-refractivity contribution in [2.45, 2.75) is 19.0 Å². The molecule has 2 aromatic carbocycles. The van der Waals surface area contributed by atoms with Gasteiger partial charge < -0.3 is 24.4 Å². The Bertz CT molecular complexity index is 1330. The number of rotatable bonds is 5. The van der Waals surface area contributed by atoms with Gasteiger partial charge in [0, 0.05) is 48.2 Å². The van der Waals surface area contributed by atoms with Gasteiger partial charge in [0.15, 0.2) is 5.11 Å². The molecule has 0 radical (unpaired) electrons. The van der Waals surface area contributed by atoms with Crippen LogP contribution in [0.5, 0.6) is 0 Å². The Morgan fingerprint density at radius 3 is 2.31 bits per heavy atom. The quantitative estimate of drug-likeness (QED) is 0.384. The third-order valence-electron chi connectivity index (χ3n) is 7.00. The van der Waals surface area contributed by atoms with E-state index in [0.717, 1.165) is 49.1 Å². The number of ether oxygens (including phenoxy) is 1. The number of hydrogen-bond acceptors (Lipinski definition) is 4. The van der Waals surface area contributed by atoms with E-state index >= 15 is 0 Å². The number of aryl methyl sites for hydroxylation is 1. The molecule has 1 N–H and O–H groups in total. The lowest BCUT2D eigenvalue weighted by molar-refractivity contribution is 0.122. The lowest BCUT2D eigenvalue weighted by Crippen LogP contribution is -2.36. The summed E-state index contributed by atoms with van der Waals surface area (Å²) in [6.07, 6.45) is 3.96. The summed E-state index contributed by atoms with van der Waals surface area (Å²) in [6.45, 7) is 5.48. The van der Waals surface area contributed by atoms with Crippen LogP contribution >= 0.6 is 12.2 Å². The van der Waals surface area contributed by atoms with Gasteiger partial charge in [0.05, 0.1) is 24.9 Å². The van der Waals surface area contributed by atoms with Crippen molar-refractivity contribution in [3.8, 4) is 5.69 Å². The first kappa shape index (κ1) is 22.8. The summed E-state index contributed by atoms with van der Waals surface area (Å²) in [5.41, 5.74) is 6.75. The van der Waals surface area contributed by atoms with Crippen LogP contribution in [0.25, 0.3) is 5.69 Å². The predicted octanol–water partition coefficient (Wildman–Crippen LogP) is 5.19. The Morgan fingerprint density at radius 1 is 0.861 bits per heavy atom. The molecule has 6 nitrogen and oxygen atoms in total. The standard InChI is InChI=1S/C29H29N5OS/c1-21-7-9-23(10-8-21)33-16-4-6-26(33)28-27(25-5-2-3-15-30-25)31-29(36)34(28)24-13-11-22(12-14-24)32-17-19-35-20-18-32/h2-16,27-28H,17-20H2,1H3,(H,31,36)/t27-,28+/m1/s1. The van der Waals surface area contributed by atoms with Gasteiger partial charge in [0.1, 0.15) is 6.04 Å². The van der Waals surface area contributed by atoms with E-state index in [9.17, 15) is 0 Å². The predicted molar refractivity (Wildman–Crippen MR) is 148 cm³/mol. The maximum atomic E-state index is 5.94. The number of hydrogen-bond donors (Lipinski definition) is 1. The lowest BCUT2D eigenvalue weighted by Gasteiger charge is -2.31.